The Labute approximate surface area is 131 Å². The number of rotatable bonds is 6. The van der Waals surface area contributed by atoms with Gasteiger partial charge in [-0.05, 0) is 62.7 Å². The second kappa shape index (κ2) is 7.50. The van der Waals surface area contributed by atoms with E-state index in [0.717, 1.165) is 22.7 Å². The van der Waals surface area contributed by atoms with Gasteiger partial charge in [-0.15, -0.1) is 0 Å². The van der Waals surface area contributed by atoms with Crippen LogP contribution in [0.1, 0.15) is 19.4 Å². The topological polar surface area (TPSA) is 50.4 Å². The number of carbonyl (C=O) groups excluding carboxylic acids is 1. The minimum Gasteiger partial charge on any atom is -0.494 e. The van der Waals surface area contributed by atoms with Gasteiger partial charge in [0, 0.05) is 11.4 Å². The van der Waals surface area contributed by atoms with Crippen molar-refractivity contribution < 1.29 is 9.53 Å². The van der Waals surface area contributed by atoms with Crippen LogP contribution in [0.5, 0.6) is 5.75 Å². The van der Waals surface area contributed by atoms with Crippen molar-refractivity contribution in [3.05, 3.63) is 54.1 Å². The fourth-order valence-electron chi connectivity index (χ4n) is 2.10. The van der Waals surface area contributed by atoms with Gasteiger partial charge in [-0.1, -0.05) is 12.1 Å². The summed E-state index contributed by atoms with van der Waals surface area (Å²) in [5, 5.41) is 6.09. The van der Waals surface area contributed by atoms with Gasteiger partial charge in [-0.3, -0.25) is 4.79 Å². The number of amides is 1. The zero-order valence-corrected chi connectivity index (χ0v) is 13.2. The van der Waals surface area contributed by atoms with Gasteiger partial charge in [0.2, 0.25) is 5.91 Å². The highest BCUT2D eigenvalue weighted by Gasteiger charge is 2.12. The largest absolute Gasteiger partial charge is 0.494 e. The zero-order chi connectivity index (χ0) is 15.9. The molecular formula is C18H22N2O2. The van der Waals surface area contributed by atoms with Crippen LogP contribution in [0.4, 0.5) is 11.4 Å². The molecule has 1 amide bonds. The van der Waals surface area contributed by atoms with E-state index in [1.165, 1.54) is 0 Å². The van der Waals surface area contributed by atoms with Crippen LogP contribution < -0.4 is 15.4 Å². The minimum absolute atomic E-state index is 0.0699. The highest BCUT2D eigenvalue weighted by molar-refractivity contribution is 5.96. The molecule has 2 N–H and O–H groups in total. The van der Waals surface area contributed by atoms with E-state index in [1.54, 1.807) is 0 Å². The molecule has 0 aliphatic heterocycles. The molecule has 0 saturated heterocycles. The van der Waals surface area contributed by atoms with E-state index in [9.17, 15) is 4.79 Å². The molecule has 1 unspecified atom stereocenters. The Morgan fingerprint density at radius 1 is 1.14 bits per heavy atom. The number of aryl methyl sites for hydroxylation is 1. The third kappa shape index (κ3) is 4.52. The number of anilines is 2. The quantitative estimate of drug-likeness (QED) is 0.852. The van der Waals surface area contributed by atoms with Crippen LogP contribution in [0.2, 0.25) is 0 Å². The summed E-state index contributed by atoms with van der Waals surface area (Å²) in [7, 11) is 0. The number of nitrogens with one attached hydrogen (secondary N) is 2. The maximum absolute atomic E-state index is 12.2. The number of hydrogen-bond acceptors (Lipinski definition) is 3. The molecule has 0 heterocycles. The van der Waals surface area contributed by atoms with Crippen molar-refractivity contribution in [1.82, 2.24) is 0 Å². The lowest BCUT2D eigenvalue weighted by Crippen LogP contribution is -2.31. The standard InChI is InChI=1S/C18H22N2O2/c1-4-22-17-10-8-15(9-11-17)19-14(3)18(21)20-16-7-5-6-13(2)12-16/h5-12,14,19H,4H2,1-3H3,(H,20,21). The van der Waals surface area contributed by atoms with Crippen LogP contribution in [0.15, 0.2) is 48.5 Å². The average molecular weight is 298 g/mol. The van der Waals surface area contributed by atoms with Gasteiger partial charge in [-0.2, -0.15) is 0 Å². The number of ether oxygens (including phenoxy) is 1. The molecule has 4 heteroatoms. The SMILES string of the molecule is CCOc1ccc(NC(C)C(=O)Nc2cccc(C)c2)cc1. The smallest absolute Gasteiger partial charge is 0.246 e. The second-order valence-electron chi connectivity index (χ2n) is 5.18. The number of carbonyl (C=O) groups is 1. The second-order valence-corrected chi connectivity index (χ2v) is 5.18. The predicted octanol–water partition coefficient (Wildman–Crippen LogP) is 3.83. The molecule has 0 fully saturated rings. The minimum atomic E-state index is -0.335. The summed E-state index contributed by atoms with van der Waals surface area (Å²) in [5.74, 6) is 0.754. The summed E-state index contributed by atoms with van der Waals surface area (Å²) < 4.78 is 5.40. The first kappa shape index (κ1) is 15.9. The maximum Gasteiger partial charge on any atom is 0.246 e. The molecule has 2 rings (SSSR count). The van der Waals surface area contributed by atoms with Crippen LogP contribution in [0, 0.1) is 6.92 Å². The van der Waals surface area contributed by atoms with Gasteiger partial charge >= 0.3 is 0 Å². The molecule has 0 bridgehead atoms. The Hall–Kier alpha value is -2.49. The van der Waals surface area contributed by atoms with Crippen LogP contribution in [0.3, 0.4) is 0 Å². The molecule has 0 aliphatic carbocycles. The van der Waals surface area contributed by atoms with E-state index in [1.807, 2.05) is 69.3 Å². The maximum atomic E-state index is 12.2. The third-order valence-corrected chi connectivity index (χ3v) is 3.23. The Kier molecular flexibility index (Phi) is 5.42. The van der Waals surface area contributed by atoms with E-state index < -0.39 is 0 Å². The van der Waals surface area contributed by atoms with Crippen molar-refractivity contribution in [2.45, 2.75) is 26.8 Å². The molecule has 0 aliphatic rings. The third-order valence-electron chi connectivity index (χ3n) is 3.23. The first-order valence-electron chi connectivity index (χ1n) is 7.45. The van der Waals surface area contributed by atoms with Crippen LogP contribution in [-0.4, -0.2) is 18.6 Å². The van der Waals surface area contributed by atoms with Crippen LogP contribution in [0.25, 0.3) is 0 Å². The molecule has 2 aromatic carbocycles. The monoisotopic (exact) mass is 298 g/mol. The van der Waals surface area contributed by atoms with E-state index in [2.05, 4.69) is 10.6 Å². The van der Waals surface area contributed by atoms with Gasteiger partial charge in [0.25, 0.3) is 0 Å². The van der Waals surface area contributed by atoms with E-state index in [-0.39, 0.29) is 11.9 Å². The fourth-order valence-corrected chi connectivity index (χ4v) is 2.10. The van der Waals surface area contributed by atoms with E-state index >= 15 is 0 Å². The van der Waals surface area contributed by atoms with Gasteiger partial charge in [-0.25, -0.2) is 0 Å². The summed E-state index contributed by atoms with van der Waals surface area (Å²) >= 11 is 0. The van der Waals surface area contributed by atoms with Crippen molar-refractivity contribution in [2.24, 2.45) is 0 Å². The summed E-state index contributed by atoms with van der Waals surface area (Å²) in [6.07, 6.45) is 0. The molecule has 2 aromatic rings. The van der Waals surface area contributed by atoms with E-state index in [4.69, 9.17) is 4.74 Å². The van der Waals surface area contributed by atoms with Crippen LogP contribution in [-0.2, 0) is 4.79 Å². The number of benzene rings is 2. The summed E-state index contributed by atoms with van der Waals surface area (Å²) in [6.45, 7) is 6.42. The Morgan fingerprint density at radius 3 is 2.50 bits per heavy atom. The normalized spacial score (nSPS) is 11.6. The van der Waals surface area contributed by atoms with Gasteiger partial charge < -0.3 is 15.4 Å². The molecule has 116 valence electrons. The predicted molar refractivity (Wildman–Crippen MR) is 90.5 cm³/mol. The average Bonchev–Trinajstić information content (AvgIpc) is 2.49. The van der Waals surface area contributed by atoms with Gasteiger partial charge in [0.15, 0.2) is 0 Å². The van der Waals surface area contributed by atoms with Crippen molar-refractivity contribution in [3.8, 4) is 5.75 Å². The highest BCUT2D eigenvalue weighted by Crippen LogP contribution is 2.17. The summed E-state index contributed by atoms with van der Waals surface area (Å²) in [6, 6.07) is 15.0. The van der Waals surface area contributed by atoms with E-state index in [0.29, 0.717) is 6.61 Å². The fraction of sp³-hybridized carbons (Fsp3) is 0.278. The molecule has 0 radical (unpaired) electrons. The Bertz CT molecular complexity index is 623. The number of hydrogen-bond donors (Lipinski definition) is 2. The lowest BCUT2D eigenvalue weighted by atomic mass is 10.2. The lowest BCUT2D eigenvalue weighted by Gasteiger charge is -2.16. The molecule has 0 saturated carbocycles. The van der Waals surface area contributed by atoms with Crippen molar-refractivity contribution in [3.63, 3.8) is 0 Å². The van der Waals surface area contributed by atoms with Gasteiger partial charge in [0.05, 0.1) is 6.61 Å². The van der Waals surface area contributed by atoms with Crippen molar-refractivity contribution in [1.29, 1.82) is 0 Å². The van der Waals surface area contributed by atoms with Crippen molar-refractivity contribution >= 4 is 17.3 Å². The van der Waals surface area contributed by atoms with Gasteiger partial charge in [0.1, 0.15) is 11.8 Å². The Balaban J connectivity index is 1.93. The summed E-state index contributed by atoms with van der Waals surface area (Å²) in [4.78, 5) is 12.2. The molecular weight excluding hydrogens is 276 g/mol. The van der Waals surface area contributed by atoms with Crippen LogP contribution >= 0.6 is 0 Å². The molecule has 22 heavy (non-hydrogen) atoms. The molecule has 4 nitrogen and oxygen atoms in total. The Morgan fingerprint density at radius 2 is 1.86 bits per heavy atom. The first-order chi connectivity index (χ1) is 10.6. The molecule has 1 atom stereocenters. The highest BCUT2D eigenvalue weighted by atomic mass is 16.5. The molecule has 0 spiro atoms. The summed E-state index contributed by atoms with van der Waals surface area (Å²) in [5.41, 5.74) is 2.81. The first-order valence-corrected chi connectivity index (χ1v) is 7.45. The molecule has 0 aromatic heterocycles. The lowest BCUT2D eigenvalue weighted by molar-refractivity contribution is -0.116. The zero-order valence-electron chi connectivity index (χ0n) is 13.2. The van der Waals surface area contributed by atoms with Crippen molar-refractivity contribution in [2.75, 3.05) is 17.2 Å².